The monoisotopic (exact) mass is 374 g/mol. The molecule has 0 atom stereocenters. The first-order chi connectivity index (χ1) is 13.7. The molecule has 0 saturated heterocycles. The Morgan fingerprint density at radius 1 is 0.964 bits per heavy atom. The lowest BCUT2D eigenvalue weighted by atomic mass is 10.0. The number of unbranched alkanes of at least 4 members (excludes halogenated alkanes) is 1. The van der Waals surface area contributed by atoms with Crippen LogP contribution in [0.1, 0.15) is 31.0 Å². The molecule has 4 heteroatoms. The molecule has 0 N–H and O–H groups in total. The number of methoxy groups -OCH3 is 2. The smallest absolute Gasteiger partial charge is 0.126 e. The highest BCUT2D eigenvalue weighted by atomic mass is 16.5. The highest BCUT2D eigenvalue weighted by Crippen LogP contribution is 2.33. The molecule has 28 heavy (non-hydrogen) atoms. The van der Waals surface area contributed by atoms with Crippen LogP contribution in [-0.2, 0) is 6.42 Å². The van der Waals surface area contributed by atoms with Crippen molar-refractivity contribution < 1.29 is 9.47 Å². The van der Waals surface area contributed by atoms with E-state index in [-0.39, 0.29) is 0 Å². The number of hydrogen-bond acceptors (Lipinski definition) is 4. The lowest BCUT2D eigenvalue weighted by molar-refractivity contribution is 0.414. The minimum Gasteiger partial charge on any atom is -0.497 e. The number of benzene rings is 2. The van der Waals surface area contributed by atoms with E-state index in [0.717, 1.165) is 64.5 Å². The second-order valence-electron chi connectivity index (χ2n) is 6.55. The van der Waals surface area contributed by atoms with E-state index in [4.69, 9.17) is 19.4 Å². The van der Waals surface area contributed by atoms with Crippen LogP contribution in [0.15, 0.2) is 55.2 Å². The van der Waals surface area contributed by atoms with Crippen LogP contribution in [0.2, 0.25) is 0 Å². The summed E-state index contributed by atoms with van der Waals surface area (Å²) in [6, 6.07) is 13.9. The van der Waals surface area contributed by atoms with Gasteiger partial charge in [-0.3, -0.25) is 4.98 Å². The number of aromatic nitrogens is 2. The second-order valence-corrected chi connectivity index (χ2v) is 6.55. The Morgan fingerprint density at radius 2 is 1.71 bits per heavy atom. The summed E-state index contributed by atoms with van der Waals surface area (Å²) in [7, 11) is 3.33. The molecule has 0 aliphatic carbocycles. The number of hydrogen-bond donors (Lipinski definition) is 0. The van der Waals surface area contributed by atoms with Gasteiger partial charge in [0.25, 0.3) is 0 Å². The second kappa shape index (κ2) is 9.18. The van der Waals surface area contributed by atoms with Gasteiger partial charge >= 0.3 is 0 Å². The molecule has 3 aromatic rings. The SMILES string of the molecule is C=Cc1ccc(-c2nc(CCCC)cnc2-c2ccc(OC)cc2)cc1OC. The fraction of sp³-hybridized carbons (Fsp3) is 0.250. The molecule has 0 spiro atoms. The van der Waals surface area contributed by atoms with Gasteiger partial charge in [-0.1, -0.05) is 38.1 Å². The van der Waals surface area contributed by atoms with E-state index in [1.54, 1.807) is 20.3 Å². The van der Waals surface area contributed by atoms with Crippen LogP contribution in [0.4, 0.5) is 0 Å². The van der Waals surface area contributed by atoms with E-state index in [0.29, 0.717) is 0 Å². The van der Waals surface area contributed by atoms with Gasteiger partial charge in [-0.15, -0.1) is 0 Å². The van der Waals surface area contributed by atoms with Crippen molar-refractivity contribution in [3.8, 4) is 34.0 Å². The summed E-state index contributed by atoms with van der Waals surface area (Å²) in [6.07, 6.45) is 6.81. The first-order valence-corrected chi connectivity index (χ1v) is 9.51. The van der Waals surface area contributed by atoms with Crippen LogP contribution in [0, 0.1) is 0 Å². The average molecular weight is 374 g/mol. The van der Waals surface area contributed by atoms with E-state index in [2.05, 4.69) is 13.5 Å². The fourth-order valence-corrected chi connectivity index (χ4v) is 3.09. The minimum atomic E-state index is 0.772. The molecule has 0 aliphatic rings. The Kier molecular flexibility index (Phi) is 6.43. The standard InChI is InChI=1S/C24H26N2O2/c1-5-7-8-20-16-25-23(18-11-13-21(27-3)14-12-18)24(26-20)19-10-9-17(6-2)22(15-19)28-4/h6,9-16H,2,5,7-8H2,1,3-4H3. The Labute approximate surface area is 166 Å². The van der Waals surface area contributed by atoms with Crippen molar-refractivity contribution in [3.05, 3.63) is 66.5 Å². The summed E-state index contributed by atoms with van der Waals surface area (Å²) in [5, 5.41) is 0. The van der Waals surface area contributed by atoms with Gasteiger partial charge in [0, 0.05) is 22.9 Å². The van der Waals surface area contributed by atoms with Gasteiger partial charge in [-0.2, -0.15) is 0 Å². The number of rotatable bonds is 8. The quantitative estimate of drug-likeness (QED) is 0.499. The Hall–Kier alpha value is -3.14. The molecule has 0 bridgehead atoms. The number of nitrogens with zero attached hydrogens (tertiary/aromatic N) is 2. The Balaban J connectivity index is 2.13. The lowest BCUT2D eigenvalue weighted by Crippen LogP contribution is -1.99. The molecular formula is C24H26N2O2. The van der Waals surface area contributed by atoms with Crippen molar-refractivity contribution in [1.82, 2.24) is 9.97 Å². The molecule has 1 aromatic heterocycles. The summed E-state index contributed by atoms with van der Waals surface area (Å²) in [4.78, 5) is 9.72. The normalized spacial score (nSPS) is 10.5. The van der Waals surface area contributed by atoms with Crippen molar-refractivity contribution in [1.29, 1.82) is 0 Å². The zero-order valence-corrected chi connectivity index (χ0v) is 16.7. The van der Waals surface area contributed by atoms with Gasteiger partial charge in [-0.05, 0) is 43.2 Å². The summed E-state index contributed by atoms with van der Waals surface area (Å²) in [5.41, 5.74) is 5.62. The van der Waals surface area contributed by atoms with Gasteiger partial charge < -0.3 is 9.47 Å². The maximum atomic E-state index is 5.53. The first kappa shape index (κ1) is 19.6. The van der Waals surface area contributed by atoms with Gasteiger partial charge in [0.05, 0.1) is 31.3 Å². The van der Waals surface area contributed by atoms with Crippen molar-refractivity contribution in [3.63, 3.8) is 0 Å². The molecular weight excluding hydrogens is 348 g/mol. The molecule has 0 amide bonds. The van der Waals surface area contributed by atoms with E-state index >= 15 is 0 Å². The van der Waals surface area contributed by atoms with Crippen molar-refractivity contribution in [2.24, 2.45) is 0 Å². The lowest BCUT2D eigenvalue weighted by Gasteiger charge is -2.13. The number of ether oxygens (including phenoxy) is 2. The topological polar surface area (TPSA) is 44.2 Å². The predicted molar refractivity (Wildman–Crippen MR) is 115 cm³/mol. The Bertz CT molecular complexity index is 949. The van der Waals surface area contributed by atoms with Crippen LogP contribution in [0.25, 0.3) is 28.6 Å². The predicted octanol–water partition coefficient (Wildman–Crippen LogP) is 5.81. The third kappa shape index (κ3) is 4.22. The molecule has 0 aliphatic heterocycles. The molecule has 3 rings (SSSR count). The van der Waals surface area contributed by atoms with Gasteiger partial charge in [0.15, 0.2) is 0 Å². The van der Waals surface area contributed by atoms with E-state index < -0.39 is 0 Å². The van der Waals surface area contributed by atoms with Crippen LogP contribution < -0.4 is 9.47 Å². The van der Waals surface area contributed by atoms with Crippen molar-refractivity contribution >= 4 is 6.08 Å². The maximum absolute atomic E-state index is 5.53. The molecule has 0 saturated carbocycles. The molecule has 0 fully saturated rings. The fourth-order valence-electron chi connectivity index (χ4n) is 3.09. The summed E-state index contributed by atoms with van der Waals surface area (Å²) < 4.78 is 10.8. The average Bonchev–Trinajstić information content (AvgIpc) is 2.77. The van der Waals surface area contributed by atoms with E-state index in [1.807, 2.05) is 48.7 Å². The van der Waals surface area contributed by atoms with Crippen LogP contribution in [0.5, 0.6) is 11.5 Å². The van der Waals surface area contributed by atoms with Crippen LogP contribution in [0.3, 0.4) is 0 Å². The van der Waals surface area contributed by atoms with Gasteiger partial charge in [0.2, 0.25) is 0 Å². The van der Waals surface area contributed by atoms with E-state index in [9.17, 15) is 0 Å². The minimum absolute atomic E-state index is 0.772. The first-order valence-electron chi connectivity index (χ1n) is 9.51. The molecule has 0 radical (unpaired) electrons. The molecule has 144 valence electrons. The van der Waals surface area contributed by atoms with Gasteiger partial charge in [0.1, 0.15) is 11.5 Å². The largest absolute Gasteiger partial charge is 0.497 e. The highest BCUT2D eigenvalue weighted by Gasteiger charge is 2.14. The summed E-state index contributed by atoms with van der Waals surface area (Å²) in [5.74, 6) is 1.59. The number of aryl methyl sites for hydroxylation is 1. The third-order valence-corrected chi connectivity index (χ3v) is 4.70. The Morgan fingerprint density at radius 3 is 2.36 bits per heavy atom. The zero-order chi connectivity index (χ0) is 19.9. The van der Waals surface area contributed by atoms with Gasteiger partial charge in [-0.25, -0.2) is 4.98 Å². The van der Waals surface area contributed by atoms with Crippen molar-refractivity contribution in [2.75, 3.05) is 14.2 Å². The van der Waals surface area contributed by atoms with E-state index in [1.165, 1.54) is 0 Å². The molecule has 2 aromatic carbocycles. The summed E-state index contributed by atoms with van der Waals surface area (Å²) in [6.45, 7) is 6.03. The molecule has 0 unspecified atom stereocenters. The molecule has 4 nitrogen and oxygen atoms in total. The molecule has 1 heterocycles. The van der Waals surface area contributed by atoms with Crippen LogP contribution >= 0.6 is 0 Å². The third-order valence-electron chi connectivity index (χ3n) is 4.70. The van der Waals surface area contributed by atoms with Crippen molar-refractivity contribution in [2.45, 2.75) is 26.2 Å². The highest BCUT2D eigenvalue weighted by molar-refractivity contribution is 5.79. The zero-order valence-electron chi connectivity index (χ0n) is 16.7. The van der Waals surface area contributed by atoms with Crippen LogP contribution in [-0.4, -0.2) is 24.2 Å². The summed E-state index contributed by atoms with van der Waals surface area (Å²) >= 11 is 0. The maximum Gasteiger partial charge on any atom is 0.126 e.